The zero-order valence-electron chi connectivity index (χ0n) is 12.5. The SMILES string of the molecule is CC=CCCCCCCC=COC(=O)C(C)CC(=O)O. The van der Waals surface area contributed by atoms with Crippen molar-refractivity contribution in [2.45, 2.75) is 58.8 Å². The molecule has 0 bridgehead atoms. The molecule has 0 radical (unpaired) electrons. The minimum Gasteiger partial charge on any atom is -0.481 e. The molecule has 1 N–H and O–H groups in total. The van der Waals surface area contributed by atoms with Crippen molar-refractivity contribution < 1.29 is 19.4 Å². The van der Waals surface area contributed by atoms with Gasteiger partial charge in [0.2, 0.25) is 0 Å². The number of hydrogen-bond donors (Lipinski definition) is 1. The molecule has 0 aromatic carbocycles. The third-order valence-corrected chi connectivity index (χ3v) is 2.89. The lowest BCUT2D eigenvalue weighted by Gasteiger charge is -2.05. The first kappa shape index (κ1) is 18.4. The lowest BCUT2D eigenvalue weighted by atomic mass is 10.1. The molecule has 0 amide bonds. The monoisotopic (exact) mass is 282 g/mol. The number of carboxylic acids is 1. The maximum atomic E-state index is 11.4. The van der Waals surface area contributed by atoms with E-state index in [4.69, 9.17) is 9.84 Å². The van der Waals surface area contributed by atoms with E-state index in [9.17, 15) is 9.59 Å². The third kappa shape index (κ3) is 11.5. The second-order valence-electron chi connectivity index (χ2n) is 4.87. The maximum absolute atomic E-state index is 11.4. The number of carboxylic acid groups (broad SMARTS) is 1. The van der Waals surface area contributed by atoms with Crippen LogP contribution >= 0.6 is 0 Å². The zero-order chi connectivity index (χ0) is 15.2. The molecule has 0 aliphatic carbocycles. The van der Waals surface area contributed by atoms with Crippen LogP contribution in [0.15, 0.2) is 24.5 Å². The Morgan fingerprint density at radius 1 is 1.10 bits per heavy atom. The Hall–Kier alpha value is -1.58. The van der Waals surface area contributed by atoms with E-state index in [1.165, 1.54) is 25.5 Å². The summed E-state index contributed by atoms with van der Waals surface area (Å²) in [5.41, 5.74) is 0. The van der Waals surface area contributed by atoms with Crippen LogP contribution in [0.5, 0.6) is 0 Å². The highest BCUT2D eigenvalue weighted by atomic mass is 16.5. The lowest BCUT2D eigenvalue weighted by molar-refractivity contribution is -0.148. The number of carbonyl (C=O) groups is 2. The Bertz CT molecular complexity index is 331. The van der Waals surface area contributed by atoms with Gasteiger partial charge in [0.1, 0.15) is 0 Å². The summed E-state index contributed by atoms with van der Waals surface area (Å²) in [4.78, 5) is 21.8. The van der Waals surface area contributed by atoms with Gasteiger partial charge in [-0.05, 0) is 38.7 Å². The van der Waals surface area contributed by atoms with Gasteiger partial charge in [-0.25, -0.2) is 0 Å². The van der Waals surface area contributed by atoms with E-state index < -0.39 is 17.9 Å². The quantitative estimate of drug-likeness (QED) is 0.268. The number of allylic oxidation sites excluding steroid dienone is 3. The van der Waals surface area contributed by atoms with Crippen LogP contribution in [0.1, 0.15) is 58.8 Å². The second kappa shape index (κ2) is 12.5. The summed E-state index contributed by atoms with van der Waals surface area (Å²) in [6.07, 6.45) is 14.0. The molecule has 0 aliphatic heterocycles. The number of rotatable bonds is 11. The van der Waals surface area contributed by atoms with Gasteiger partial charge in [-0.15, -0.1) is 0 Å². The molecule has 0 saturated carbocycles. The normalized spacial score (nSPS) is 12.9. The number of unbranched alkanes of at least 4 members (excludes halogenated alkanes) is 5. The summed E-state index contributed by atoms with van der Waals surface area (Å²) in [5.74, 6) is -2.09. The van der Waals surface area contributed by atoms with Crippen LogP contribution in [0.4, 0.5) is 0 Å². The molecular weight excluding hydrogens is 256 g/mol. The van der Waals surface area contributed by atoms with Crippen molar-refractivity contribution in [3.63, 3.8) is 0 Å². The van der Waals surface area contributed by atoms with Gasteiger partial charge in [0.25, 0.3) is 0 Å². The standard InChI is InChI=1S/C16H26O4/c1-3-4-5-6-7-8-9-10-11-12-20-16(19)14(2)13-15(17)18/h3-4,11-12,14H,5-10,13H2,1-2H3,(H,17,18). The minimum atomic E-state index is -0.989. The Kier molecular flexibility index (Phi) is 11.5. The van der Waals surface area contributed by atoms with Crippen LogP contribution < -0.4 is 0 Å². The smallest absolute Gasteiger partial charge is 0.314 e. The fourth-order valence-electron chi connectivity index (χ4n) is 1.69. The van der Waals surface area contributed by atoms with Gasteiger partial charge in [0.15, 0.2) is 0 Å². The molecule has 0 aromatic rings. The van der Waals surface area contributed by atoms with Crippen molar-refractivity contribution in [1.82, 2.24) is 0 Å². The summed E-state index contributed by atoms with van der Waals surface area (Å²) in [5, 5.41) is 8.55. The van der Waals surface area contributed by atoms with Crippen molar-refractivity contribution >= 4 is 11.9 Å². The van der Waals surface area contributed by atoms with Gasteiger partial charge in [-0.3, -0.25) is 9.59 Å². The van der Waals surface area contributed by atoms with E-state index in [1.54, 1.807) is 6.92 Å². The maximum Gasteiger partial charge on any atom is 0.314 e. The van der Waals surface area contributed by atoms with Crippen LogP contribution in [0, 0.1) is 5.92 Å². The fourth-order valence-corrected chi connectivity index (χ4v) is 1.69. The first-order chi connectivity index (χ1) is 9.57. The minimum absolute atomic E-state index is 0.196. The van der Waals surface area contributed by atoms with E-state index in [2.05, 4.69) is 12.2 Å². The summed E-state index contributed by atoms with van der Waals surface area (Å²) < 4.78 is 4.87. The first-order valence-electron chi connectivity index (χ1n) is 7.26. The largest absolute Gasteiger partial charge is 0.481 e. The van der Waals surface area contributed by atoms with Crippen LogP contribution in [0.3, 0.4) is 0 Å². The van der Waals surface area contributed by atoms with E-state index >= 15 is 0 Å². The molecule has 4 heteroatoms. The molecule has 1 unspecified atom stereocenters. The Balaban J connectivity index is 3.52. The predicted molar refractivity (Wildman–Crippen MR) is 79.2 cm³/mol. The summed E-state index contributed by atoms with van der Waals surface area (Å²) in [6, 6.07) is 0. The molecule has 0 aliphatic rings. The fraction of sp³-hybridized carbons (Fsp3) is 0.625. The van der Waals surface area contributed by atoms with Crippen LogP contribution in [0.2, 0.25) is 0 Å². The average Bonchev–Trinajstić information content (AvgIpc) is 2.39. The molecule has 20 heavy (non-hydrogen) atoms. The van der Waals surface area contributed by atoms with Gasteiger partial charge in [0, 0.05) is 0 Å². The highest BCUT2D eigenvalue weighted by Crippen LogP contribution is 2.07. The van der Waals surface area contributed by atoms with Gasteiger partial charge in [0.05, 0.1) is 18.6 Å². The number of carbonyl (C=O) groups excluding carboxylic acids is 1. The van der Waals surface area contributed by atoms with Crippen LogP contribution in [0.25, 0.3) is 0 Å². The zero-order valence-corrected chi connectivity index (χ0v) is 12.5. The Labute approximate surface area is 121 Å². The first-order valence-corrected chi connectivity index (χ1v) is 7.26. The Morgan fingerprint density at radius 3 is 2.25 bits per heavy atom. The number of aliphatic carboxylic acids is 1. The van der Waals surface area contributed by atoms with Crippen molar-refractivity contribution in [3.8, 4) is 0 Å². The molecule has 0 saturated heterocycles. The van der Waals surface area contributed by atoms with E-state index in [0.717, 1.165) is 19.3 Å². The summed E-state index contributed by atoms with van der Waals surface area (Å²) >= 11 is 0. The number of hydrogen-bond acceptors (Lipinski definition) is 3. The van der Waals surface area contributed by atoms with Gasteiger partial charge in [-0.2, -0.15) is 0 Å². The van der Waals surface area contributed by atoms with E-state index in [-0.39, 0.29) is 6.42 Å². The van der Waals surface area contributed by atoms with Crippen molar-refractivity contribution in [1.29, 1.82) is 0 Å². The van der Waals surface area contributed by atoms with Crippen molar-refractivity contribution in [3.05, 3.63) is 24.5 Å². The molecule has 0 rings (SSSR count). The van der Waals surface area contributed by atoms with Crippen molar-refractivity contribution in [2.24, 2.45) is 5.92 Å². The molecule has 0 aromatic heterocycles. The van der Waals surface area contributed by atoms with Gasteiger partial charge in [-0.1, -0.05) is 31.9 Å². The summed E-state index contributed by atoms with van der Waals surface area (Å²) in [7, 11) is 0. The third-order valence-electron chi connectivity index (χ3n) is 2.89. The van der Waals surface area contributed by atoms with Crippen LogP contribution in [-0.2, 0) is 14.3 Å². The number of esters is 1. The molecule has 4 nitrogen and oxygen atoms in total. The van der Waals surface area contributed by atoms with Crippen LogP contribution in [-0.4, -0.2) is 17.0 Å². The highest BCUT2D eigenvalue weighted by molar-refractivity contribution is 5.78. The predicted octanol–water partition coefficient (Wildman–Crippen LogP) is 4.07. The molecular formula is C16H26O4. The van der Waals surface area contributed by atoms with E-state index in [0.29, 0.717) is 0 Å². The second-order valence-corrected chi connectivity index (χ2v) is 4.87. The average molecular weight is 282 g/mol. The van der Waals surface area contributed by atoms with E-state index in [1.807, 2.05) is 13.0 Å². The molecule has 1 atom stereocenters. The van der Waals surface area contributed by atoms with Crippen molar-refractivity contribution in [2.75, 3.05) is 0 Å². The highest BCUT2D eigenvalue weighted by Gasteiger charge is 2.16. The molecule has 0 heterocycles. The number of ether oxygens (including phenoxy) is 1. The molecule has 0 fully saturated rings. The topological polar surface area (TPSA) is 63.6 Å². The van der Waals surface area contributed by atoms with Gasteiger partial charge >= 0.3 is 11.9 Å². The molecule has 0 spiro atoms. The lowest BCUT2D eigenvalue weighted by Crippen LogP contribution is -2.15. The Morgan fingerprint density at radius 2 is 1.70 bits per heavy atom. The molecule has 114 valence electrons. The van der Waals surface area contributed by atoms with Gasteiger partial charge < -0.3 is 9.84 Å². The summed E-state index contributed by atoms with van der Waals surface area (Å²) in [6.45, 7) is 3.58.